The summed E-state index contributed by atoms with van der Waals surface area (Å²) in [5, 5.41) is 2.79. The lowest BCUT2D eigenvalue weighted by molar-refractivity contribution is 0.512. The standard InChI is InChI=1S/C9H12N2S/c1-4-7-5-12-9(11-7)8(10)6(2)3/h1,5-6,8H,10H2,2-3H3. The third-order valence-electron chi connectivity index (χ3n) is 1.67. The van der Waals surface area contributed by atoms with Gasteiger partial charge in [-0.25, -0.2) is 4.98 Å². The van der Waals surface area contributed by atoms with Crippen molar-refractivity contribution in [2.45, 2.75) is 19.9 Å². The van der Waals surface area contributed by atoms with E-state index in [1.807, 2.05) is 5.38 Å². The van der Waals surface area contributed by atoms with E-state index < -0.39 is 0 Å². The highest BCUT2D eigenvalue weighted by Gasteiger charge is 2.13. The van der Waals surface area contributed by atoms with Gasteiger partial charge in [-0.15, -0.1) is 17.8 Å². The van der Waals surface area contributed by atoms with Crippen LogP contribution in [0.25, 0.3) is 0 Å². The molecule has 0 saturated carbocycles. The Morgan fingerprint density at radius 1 is 1.67 bits per heavy atom. The van der Waals surface area contributed by atoms with Crippen LogP contribution in [-0.4, -0.2) is 4.98 Å². The summed E-state index contributed by atoms with van der Waals surface area (Å²) in [6.45, 7) is 4.14. The average Bonchev–Trinajstić information content (AvgIpc) is 2.50. The van der Waals surface area contributed by atoms with Gasteiger partial charge in [-0.1, -0.05) is 13.8 Å². The van der Waals surface area contributed by atoms with Crippen LogP contribution in [0.15, 0.2) is 5.38 Å². The lowest BCUT2D eigenvalue weighted by atomic mass is 10.1. The monoisotopic (exact) mass is 180 g/mol. The molecular formula is C9H12N2S. The van der Waals surface area contributed by atoms with E-state index >= 15 is 0 Å². The highest BCUT2D eigenvalue weighted by molar-refractivity contribution is 7.09. The maximum absolute atomic E-state index is 5.89. The number of terminal acetylenes is 1. The van der Waals surface area contributed by atoms with Crippen LogP contribution in [0.4, 0.5) is 0 Å². The molecule has 2 N–H and O–H groups in total. The molecule has 1 heterocycles. The van der Waals surface area contributed by atoms with E-state index in [1.165, 1.54) is 11.3 Å². The molecule has 12 heavy (non-hydrogen) atoms. The fourth-order valence-electron chi connectivity index (χ4n) is 0.792. The Morgan fingerprint density at radius 2 is 2.33 bits per heavy atom. The molecule has 0 amide bonds. The van der Waals surface area contributed by atoms with Crippen LogP contribution in [0.5, 0.6) is 0 Å². The van der Waals surface area contributed by atoms with Crippen molar-refractivity contribution in [3.63, 3.8) is 0 Å². The SMILES string of the molecule is C#Cc1csc(C(N)C(C)C)n1. The first-order chi connectivity index (χ1) is 5.65. The minimum absolute atomic E-state index is 0.0112. The molecule has 3 heteroatoms. The second-order valence-electron chi connectivity index (χ2n) is 2.99. The Morgan fingerprint density at radius 3 is 2.75 bits per heavy atom. The molecule has 1 atom stereocenters. The number of aromatic nitrogens is 1. The summed E-state index contributed by atoms with van der Waals surface area (Å²) in [5.74, 6) is 2.89. The molecule has 0 fully saturated rings. The largest absolute Gasteiger partial charge is 0.322 e. The predicted molar refractivity (Wildman–Crippen MR) is 51.8 cm³/mol. The molecule has 0 bridgehead atoms. The maximum Gasteiger partial charge on any atom is 0.124 e. The highest BCUT2D eigenvalue weighted by Crippen LogP contribution is 2.21. The van der Waals surface area contributed by atoms with Crippen LogP contribution in [0, 0.1) is 18.3 Å². The van der Waals surface area contributed by atoms with Gasteiger partial charge in [0.1, 0.15) is 10.7 Å². The zero-order valence-electron chi connectivity index (χ0n) is 7.24. The summed E-state index contributed by atoms with van der Waals surface area (Å²) in [7, 11) is 0. The van der Waals surface area contributed by atoms with Crippen LogP contribution in [-0.2, 0) is 0 Å². The lowest BCUT2D eigenvalue weighted by Crippen LogP contribution is -2.16. The molecule has 0 radical (unpaired) electrons. The van der Waals surface area contributed by atoms with Gasteiger partial charge in [-0.2, -0.15) is 0 Å². The smallest absolute Gasteiger partial charge is 0.124 e. The maximum atomic E-state index is 5.89. The van der Waals surface area contributed by atoms with Gasteiger partial charge < -0.3 is 5.73 Å². The topological polar surface area (TPSA) is 38.9 Å². The van der Waals surface area contributed by atoms with E-state index in [0.29, 0.717) is 11.6 Å². The van der Waals surface area contributed by atoms with Gasteiger partial charge in [0.2, 0.25) is 0 Å². The average molecular weight is 180 g/mol. The van der Waals surface area contributed by atoms with Gasteiger partial charge in [0.25, 0.3) is 0 Å². The van der Waals surface area contributed by atoms with Crippen LogP contribution in [0.1, 0.15) is 30.6 Å². The first-order valence-corrected chi connectivity index (χ1v) is 4.70. The van der Waals surface area contributed by atoms with Crippen molar-refractivity contribution in [3.05, 3.63) is 16.1 Å². The first kappa shape index (κ1) is 9.24. The number of nitrogens with two attached hydrogens (primary N) is 1. The van der Waals surface area contributed by atoms with Gasteiger partial charge in [0.05, 0.1) is 6.04 Å². The Bertz CT molecular complexity index is 296. The van der Waals surface area contributed by atoms with Crippen molar-refractivity contribution in [2.75, 3.05) is 0 Å². The summed E-state index contributed by atoms with van der Waals surface area (Å²) < 4.78 is 0. The molecule has 2 nitrogen and oxygen atoms in total. The summed E-state index contributed by atoms with van der Waals surface area (Å²) in [4.78, 5) is 4.21. The molecule has 1 aromatic heterocycles. The molecule has 1 unspecified atom stereocenters. The van der Waals surface area contributed by atoms with Crippen LogP contribution in [0.3, 0.4) is 0 Å². The fraction of sp³-hybridized carbons (Fsp3) is 0.444. The van der Waals surface area contributed by atoms with E-state index in [9.17, 15) is 0 Å². The normalized spacial score (nSPS) is 12.9. The van der Waals surface area contributed by atoms with E-state index in [1.54, 1.807) is 0 Å². The van der Waals surface area contributed by atoms with Crippen LogP contribution >= 0.6 is 11.3 Å². The molecule has 0 aliphatic heterocycles. The Hall–Kier alpha value is -0.850. The Labute approximate surface area is 76.8 Å². The third kappa shape index (κ3) is 1.84. The van der Waals surface area contributed by atoms with E-state index in [2.05, 4.69) is 24.8 Å². The van der Waals surface area contributed by atoms with Crippen LogP contribution < -0.4 is 5.73 Å². The van der Waals surface area contributed by atoms with Crippen molar-refractivity contribution in [3.8, 4) is 12.3 Å². The molecule has 0 aliphatic carbocycles. The minimum atomic E-state index is 0.0112. The molecular weight excluding hydrogens is 168 g/mol. The summed E-state index contributed by atoms with van der Waals surface area (Å²) >= 11 is 1.53. The van der Waals surface area contributed by atoms with Gasteiger partial charge in [-0.05, 0) is 11.8 Å². The summed E-state index contributed by atoms with van der Waals surface area (Å²) in [6.07, 6.45) is 5.19. The quantitative estimate of drug-likeness (QED) is 0.705. The molecule has 0 saturated heterocycles. The van der Waals surface area contributed by atoms with Crippen molar-refractivity contribution in [2.24, 2.45) is 11.7 Å². The van der Waals surface area contributed by atoms with E-state index in [-0.39, 0.29) is 6.04 Å². The highest BCUT2D eigenvalue weighted by atomic mass is 32.1. The zero-order valence-corrected chi connectivity index (χ0v) is 8.06. The van der Waals surface area contributed by atoms with Crippen molar-refractivity contribution in [1.29, 1.82) is 0 Å². The van der Waals surface area contributed by atoms with Crippen molar-refractivity contribution < 1.29 is 0 Å². The second-order valence-corrected chi connectivity index (χ2v) is 3.87. The molecule has 0 spiro atoms. The number of nitrogens with zero attached hydrogens (tertiary/aromatic N) is 1. The van der Waals surface area contributed by atoms with Crippen LogP contribution in [0.2, 0.25) is 0 Å². The first-order valence-electron chi connectivity index (χ1n) is 3.82. The number of thiazole rings is 1. The lowest BCUT2D eigenvalue weighted by Gasteiger charge is -2.11. The van der Waals surface area contributed by atoms with Crippen molar-refractivity contribution in [1.82, 2.24) is 4.98 Å². The molecule has 1 aromatic rings. The molecule has 64 valence electrons. The van der Waals surface area contributed by atoms with Crippen molar-refractivity contribution >= 4 is 11.3 Å². The number of rotatable bonds is 2. The molecule has 0 aromatic carbocycles. The van der Waals surface area contributed by atoms with Gasteiger partial charge in [0.15, 0.2) is 0 Å². The third-order valence-corrected chi connectivity index (χ3v) is 2.62. The fourth-order valence-corrected chi connectivity index (χ4v) is 1.73. The number of hydrogen-bond acceptors (Lipinski definition) is 3. The Balaban J connectivity index is 2.83. The number of hydrogen-bond donors (Lipinski definition) is 1. The molecule has 1 rings (SSSR count). The summed E-state index contributed by atoms with van der Waals surface area (Å²) in [6, 6.07) is 0.0112. The summed E-state index contributed by atoms with van der Waals surface area (Å²) in [5.41, 5.74) is 6.57. The van der Waals surface area contributed by atoms with E-state index in [0.717, 1.165) is 5.01 Å². The van der Waals surface area contributed by atoms with Gasteiger partial charge in [-0.3, -0.25) is 0 Å². The minimum Gasteiger partial charge on any atom is -0.322 e. The second kappa shape index (κ2) is 3.70. The zero-order chi connectivity index (χ0) is 9.14. The predicted octanol–water partition coefficient (Wildman–Crippen LogP) is 1.78. The molecule has 0 aliphatic rings. The van der Waals surface area contributed by atoms with Gasteiger partial charge in [0, 0.05) is 5.38 Å². The van der Waals surface area contributed by atoms with E-state index in [4.69, 9.17) is 12.2 Å². The Kier molecular flexibility index (Phi) is 2.85. The van der Waals surface area contributed by atoms with Gasteiger partial charge >= 0.3 is 0 Å².